The Labute approximate surface area is 151 Å². The van der Waals surface area contributed by atoms with Crippen molar-refractivity contribution < 1.29 is 31.9 Å². The largest absolute Gasteiger partial charge is 0.455 e. The average molecular weight is 388 g/mol. The smallest absolute Gasteiger partial charge is 0.321 e. The summed E-state index contributed by atoms with van der Waals surface area (Å²) in [6.45, 7) is -0.0612. The number of hydrogen-bond acceptors (Lipinski definition) is 6. The van der Waals surface area contributed by atoms with E-state index in [0.29, 0.717) is 13.2 Å². The molecule has 8 nitrogen and oxygen atoms in total. The van der Waals surface area contributed by atoms with E-state index in [1.165, 1.54) is 7.05 Å². The molecule has 2 rings (SSSR count). The molecule has 1 aromatic rings. The molecular weight excluding hydrogens is 367 g/mol. The van der Waals surface area contributed by atoms with Crippen LogP contribution in [0.1, 0.15) is 12.8 Å². The molecule has 1 aromatic carbocycles. The normalized spacial score (nSPS) is 17.3. The standard InChI is InChI=1S/C16H21FN2O6S/c1-19(26(22,23)14-6-4-12(17)5-7-14)10-16(21)25-11-15(20)18-9-13-3-2-8-24-13/h4-7,13H,2-3,8-11H2,1H3,(H,18,20)/t13-/m0/s1. The molecule has 1 N–H and O–H groups in total. The van der Waals surface area contributed by atoms with Crippen LogP contribution < -0.4 is 5.32 Å². The van der Waals surface area contributed by atoms with Crippen molar-refractivity contribution >= 4 is 21.9 Å². The summed E-state index contributed by atoms with van der Waals surface area (Å²) >= 11 is 0. The minimum absolute atomic E-state index is 0.0263. The monoisotopic (exact) mass is 388 g/mol. The number of rotatable bonds is 8. The van der Waals surface area contributed by atoms with E-state index in [2.05, 4.69) is 5.32 Å². The summed E-state index contributed by atoms with van der Waals surface area (Å²) < 4.78 is 48.3. The van der Waals surface area contributed by atoms with Gasteiger partial charge in [0, 0.05) is 20.2 Å². The van der Waals surface area contributed by atoms with Crippen molar-refractivity contribution in [2.45, 2.75) is 23.8 Å². The molecule has 1 aliphatic rings. The van der Waals surface area contributed by atoms with E-state index in [0.717, 1.165) is 41.4 Å². The molecule has 1 amide bonds. The minimum atomic E-state index is -3.96. The Morgan fingerprint density at radius 3 is 2.65 bits per heavy atom. The van der Waals surface area contributed by atoms with Crippen molar-refractivity contribution in [3.63, 3.8) is 0 Å². The molecule has 0 spiro atoms. The van der Waals surface area contributed by atoms with Crippen molar-refractivity contribution in [1.29, 1.82) is 0 Å². The lowest BCUT2D eigenvalue weighted by atomic mass is 10.2. The van der Waals surface area contributed by atoms with E-state index in [9.17, 15) is 22.4 Å². The third-order valence-electron chi connectivity index (χ3n) is 3.79. The van der Waals surface area contributed by atoms with Gasteiger partial charge >= 0.3 is 5.97 Å². The number of esters is 1. The van der Waals surface area contributed by atoms with Gasteiger partial charge < -0.3 is 14.8 Å². The first-order valence-corrected chi connectivity index (χ1v) is 9.49. The molecule has 10 heteroatoms. The molecule has 1 fully saturated rings. The number of amides is 1. The predicted molar refractivity (Wildman–Crippen MR) is 89.2 cm³/mol. The van der Waals surface area contributed by atoms with Gasteiger partial charge in [-0.2, -0.15) is 4.31 Å². The number of likely N-dealkylation sites (N-methyl/N-ethyl adjacent to an activating group) is 1. The summed E-state index contributed by atoms with van der Waals surface area (Å²) in [5, 5.41) is 2.59. The Kier molecular flexibility index (Phi) is 7.06. The van der Waals surface area contributed by atoms with Crippen molar-refractivity contribution in [2.75, 3.05) is 33.4 Å². The SMILES string of the molecule is CN(CC(=O)OCC(=O)NC[C@@H]1CCCO1)S(=O)(=O)c1ccc(F)cc1. The summed E-state index contributed by atoms with van der Waals surface area (Å²) in [5.41, 5.74) is 0. The fraction of sp³-hybridized carbons (Fsp3) is 0.500. The Balaban J connectivity index is 1.77. The molecule has 0 aliphatic carbocycles. The first-order valence-electron chi connectivity index (χ1n) is 8.05. The summed E-state index contributed by atoms with van der Waals surface area (Å²) in [7, 11) is -2.77. The van der Waals surface area contributed by atoms with E-state index in [1.807, 2.05) is 0 Å². The van der Waals surface area contributed by atoms with Crippen LogP contribution in [0.25, 0.3) is 0 Å². The number of sulfonamides is 1. The number of benzene rings is 1. The summed E-state index contributed by atoms with van der Waals surface area (Å²) in [6.07, 6.45) is 1.79. The fourth-order valence-electron chi connectivity index (χ4n) is 2.33. The highest BCUT2D eigenvalue weighted by atomic mass is 32.2. The van der Waals surface area contributed by atoms with Gasteiger partial charge in [-0.3, -0.25) is 9.59 Å². The van der Waals surface area contributed by atoms with Crippen LogP contribution in [0.5, 0.6) is 0 Å². The van der Waals surface area contributed by atoms with Crippen LogP contribution in [0.2, 0.25) is 0 Å². The van der Waals surface area contributed by atoms with E-state index in [-0.39, 0.29) is 11.0 Å². The predicted octanol–water partition coefficient (Wildman–Crippen LogP) is 0.285. The number of hydrogen-bond donors (Lipinski definition) is 1. The quantitative estimate of drug-likeness (QED) is 0.642. The summed E-state index contributed by atoms with van der Waals surface area (Å²) in [4.78, 5) is 23.2. The third-order valence-corrected chi connectivity index (χ3v) is 5.61. The van der Waals surface area contributed by atoms with Gasteiger partial charge in [-0.1, -0.05) is 0 Å². The molecular formula is C16H21FN2O6S. The Morgan fingerprint density at radius 1 is 1.35 bits per heavy atom. The molecule has 1 saturated heterocycles. The van der Waals surface area contributed by atoms with E-state index >= 15 is 0 Å². The summed E-state index contributed by atoms with van der Waals surface area (Å²) in [5.74, 6) is -1.93. The van der Waals surface area contributed by atoms with Gasteiger partial charge in [-0.25, -0.2) is 12.8 Å². The van der Waals surface area contributed by atoms with E-state index in [4.69, 9.17) is 9.47 Å². The zero-order valence-corrected chi connectivity index (χ0v) is 15.1. The van der Waals surface area contributed by atoms with Crippen molar-refractivity contribution in [3.8, 4) is 0 Å². The van der Waals surface area contributed by atoms with Gasteiger partial charge in [-0.15, -0.1) is 0 Å². The Morgan fingerprint density at radius 2 is 2.04 bits per heavy atom. The van der Waals surface area contributed by atoms with Crippen molar-refractivity contribution in [2.24, 2.45) is 0 Å². The molecule has 144 valence electrons. The highest BCUT2D eigenvalue weighted by Crippen LogP contribution is 2.14. The lowest BCUT2D eigenvalue weighted by molar-refractivity contribution is -0.148. The van der Waals surface area contributed by atoms with E-state index in [1.54, 1.807) is 0 Å². The maximum Gasteiger partial charge on any atom is 0.321 e. The molecule has 0 radical (unpaired) electrons. The van der Waals surface area contributed by atoms with Crippen LogP contribution in [-0.2, 0) is 29.1 Å². The number of nitrogens with zero attached hydrogens (tertiary/aromatic N) is 1. The second-order valence-electron chi connectivity index (χ2n) is 5.81. The second kappa shape index (κ2) is 9.06. The maximum atomic E-state index is 12.9. The van der Waals surface area contributed by atoms with Crippen LogP contribution >= 0.6 is 0 Å². The second-order valence-corrected chi connectivity index (χ2v) is 7.86. The molecule has 0 bridgehead atoms. The Hall–Kier alpha value is -2.04. The molecule has 1 aliphatic heterocycles. The number of carbonyl (C=O) groups is 2. The highest BCUT2D eigenvalue weighted by Gasteiger charge is 2.24. The average Bonchev–Trinajstić information content (AvgIpc) is 3.12. The van der Waals surface area contributed by atoms with Crippen LogP contribution in [0.15, 0.2) is 29.2 Å². The third kappa shape index (κ3) is 5.75. The van der Waals surface area contributed by atoms with Gasteiger partial charge in [0.05, 0.1) is 11.0 Å². The van der Waals surface area contributed by atoms with Gasteiger partial charge in [0.1, 0.15) is 12.4 Å². The van der Waals surface area contributed by atoms with Crippen LogP contribution in [-0.4, -0.2) is 64.1 Å². The number of carbonyl (C=O) groups excluding carboxylic acids is 2. The molecule has 26 heavy (non-hydrogen) atoms. The van der Waals surface area contributed by atoms with Crippen LogP contribution in [0.3, 0.4) is 0 Å². The minimum Gasteiger partial charge on any atom is -0.455 e. The van der Waals surface area contributed by atoms with Gasteiger partial charge in [0.2, 0.25) is 10.0 Å². The van der Waals surface area contributed by atoms with Crippen molar-refractivity contribution in [3.05, 3.63) is 30.1 Å². The Bertz CT molecular complexity index is 732. The topological polar surface area (TPSA) is 102 Å². The van der Waals surface area contributed by atoms with Crippen LogP contribution in [0, 0.1) is 5.82 Å². The highest BCUT2D eigenvalue weighted by molar-refractivity contribution is 7.89. The summed E-state index contributed by atoms with van der Waals surface area (Å²) in [6, 6.07) is 4.23. The molecule has 0 unspecified atom stereocenters. The van der Waals surface area contributed by atoms with Crippen molar-refractivity contribution in [1.82, 2.24) is 9.62 Å². The van der Waals surface area contributed by atoms with Gasteiger partial charge in [0.25, 0.3) is 5.91 Å². The number of ether oxygens (including phenoxy) is 2. The zero-order valence-electron chi connectivity index (χ0n) is 14.3. The maximum absolute atomic E-state index is 12.9. The number of halogens is 1. The van der Waals surface area contributed by atoms with E-state index < -0.39 is 40.9 Å². The lowest BCUT2D eigenvalue weighted by Crippen LogP contribution is -2.37. The zero-order chi connectivity index (χ0) is 19.2. The van der Waals surface area contributed by atoms with Gasteiger partial charge in [0.15, 0.2) is 6.61 Å². The molecule has 0 aromatic heterocycles. The fourth-order valence-corrected chi connectivity index (χ4v) is 3.44. The lowest BCUT2D eigenvalue weighted by Gasteiger charge is -2.16. The molecule has 0 saturated carbocycles. The first-order chi connectivity index (χ1) is 12.3. The molecule has 1 heterocycles. The first kappa shape index (κ1) is 20.3. The van der Waals surface area contributed by atoms with Gasteiger partial charge in [-0.05, 0) is 37.1 Å². The number of nitrogens with one attached hydrogen (secondary N) is 1. The molecule has 1 atom stereocenters. The van der Waals surface area contributed by atoms with Crippen LogP contribution in [0.4, 0.5) is 4.39 Å².